The molecule has 0 atom stereocenters. The third-order valence-corrected chi connectivity index (χ3v) is 4.03. The smallest absolute Gasteiger partial charge is 0.149 e. The second-order valence-corrected chi connectivity index (χ2v) is 5.71. The molecule has 0 radical (unpaired) electrons. The first-order valence-electron chi connectivity index (χ1n) is 7.94. The highest BCUT2D eigenvalue weighted by Crippen LogP contribution is 2.36. The summed E-state index contributed by atoms with van der Waals surface area (Å²) in [6.45, 7) is 1.78. The van der Waals surface area contributed by atoms with Gasteiger partial charge in [0.15, 0.2) is 0 Å². The fourth-order valence-corrected chi connectivity index (χ4v) is 2.81. The van der Waals surface area contributed by atoms with Crippen LogP contribution in [0.25, 0.3) is 22.5 Å². The summed E-state index contributed by atoms with van der Waals surface area (Å²) in [4.78, 5) is 7.56. The lowest BCUT2D eigenvalue weighted by Crippen LogP contribution is -1.98. The van der Waals surface area contributed by atoms with E-state index in [0.29, 0.717) is 34.3 Å². The molecule has 0 fully saturated rings. The highest BCUT2D eigenvalue weighted by Gasteiger charge is 2.18. The van der Waals surface area contributed by atoms with Gasteiger partial charge in [0.2, 0.25) is 0 Å². The number of hydrogen-bond acceptors (Lipinski definition) is 4. The third-order valence-electron chi connectivity index (χ3n) is 4.03. The Bertz CT molecular complexity index is 909. The first-order valence-corrected chi connectivity index (χ1v) is 7.94. The Morgan fingerprint density at radius 2 is 1.50 bits per heavy atom. The van der Waals surface area contributed by atoms with Crippen molar-refractivity contribution in [3.63, 3.8) is 0 Å². The number of aromatic nitrogens is 2. The number of methoxy groups -OCH3 is 2. The van der Waals surface area contributed by atoms with Crippen molar-refractivity contribution in [3.05, 3.63) is 47.8 Å². The maximum absolute atomic E-state index is 14.2. The van der Waals surface area contributed by atoms with Crippen LogP contribution in [0.15, 0.2) is 30.3 Å². The molecule has 7 heteroatoms. The van der Waals surface area contributed by atoms with Gasteiger partial charge in [0, 0.05) is 24.2 Å². The van der Waals surface area contributed by atoms with Crippen molar-refractivity contribution in [1.29, 1.82) is 0 Å². The predicted molar refractivity (Wildman–Crippen MR) is 96.8 cm³/mol. The standard InChI is InChI=1S/C19H19F2N3O2/c1-10-23-17(11-5-13(25-3)9-14(6-11)26-4)18(24-10)12-7-15(20)19(22-2)16(21)8-12/h5-9,22H,1-4H3,(H,23,24). The van der Waals surface area contributed by atoms with E-state index in [4.69, 9.17) is 9.47 Å². The summed E-state index contributed by atoms with van der Waals surface area (Å²) in [5, 5.41) is 2.51. The summed E-state index contributed by atoms with van der Waals surface area (Å²) in [5.41, 5.74) is 1.95. The molecule has 0 aliphatic rings. The second-order valence-electron chi connectivity index (χ2n) is 5.71. The average Bonchev–Trinajstić information content (AvgIpc) is 3.02. The zero-order chi connectivity index (χ0) is 18.8. The van der Waals surface area contributed by atoms with E-state index in [-0.39, 0.29) is 5.69 Å². The summed E-state index contributed by atoms with van der Waals surface area (Å²) in [6.07, 6.45) is 0. The molecule has 1 aromatic heterocycles. The molecule has 0 aliphatic carbocycles. The van der Waals surface area contributed by atoms with Crippen LogP contribution in [0.4, 0.5) is 14.5 Å². The molecule has 3 aromatic rings. The summed E-state index contributed by atoms with van der Waals surface area (Å²) < 4.78 is 39.0. The minimum Gasteiger partial charge on any atom is -0.497 e. The fraction of sp³-hybridized carbons (Fsp3) is 0.211. The first kappa shape index (κ1) is 17.7. The number of aromatic amines is 1. The molecule has 136 valence electrons. The quantitative estimate of drug-likeness (QED) is 0.709. The van der Waals surface area contributed by atoms with Gasteiger partial charge < -0.3 is 19.8 Å². The van der Waals surface area contributed by atoms with Gasteiger partial charge in [-0.15, -0.1) is 0 Å². The van der Waals surface area contributed by atoms with Crippen molar-refractivity contribution < 1.29 is 18.3 Å². The molecule has 0 amide bonds. The van der Waals surface area contributed by atoms with Crippen LogP contribution in [0.2, 0.25) is 0 Å². The maximum atomic E-state index is 14.2. The molecule has 2 N–H and O–H groups in total. The van der Waals surface area contributed by atoms with Crippen LogP contribution in [-0.2, 0) is 0 Å². The Labute approximate surface area is 150 Å². The Hall–Kier alpha value is -3.09. The number of rotatable bonds is 5. The number of H-pyrrole nitrogens is 1. The minimum atomic E-state index is -0.683. The van der Waals surface area contributed by atoms with Crippen LogP contribution >= 0.6 is 0 Å². The molecule has 5 nitrogen and oxygen atoms in total. The molecule has 0 saturated heterocycles. The minimum absolute atomic E-state index is 0.175. The van der Waals surface area contributed by atoms with E-state index in [1.165, 1.54) is 19.2 Å². The van der Waals surface area contributed by atoms with Crippen LogP contribution < -0.4 is 14.8 Å². The van der Waals surface area contributed by atoms with Crippen LogP contribution in [0, 0.1) is 18.6 Å². The van der Waals surface area contributed by atoms with Gasteiger partial charge in [-0.1, -0.05) is 0 Å². The van der Waals surface area contributed by atoms with Crippen molar-refractivity contribution in [2.24, 2.45) is 0 Å². The number of ether oxygens (including phenoxy) is 2. The summed E-state index contributed by atoms with van der Waals surface area (Å²) >= 11 is 0. The highest BCUT2D eigenvalue weighted by atomic mass is 19.1. The topological polar surface area (TPSA) is 59.2 Å². The van der Waals surface area contributed by atoms with Gasteiger partial charge in [0.1, 0.15) is 34.6 Å². The third kappa shape index (κ3) is 3.20. The van der Waals surface area contributed by atoms with E-state index < -0.39 is 11.6 Å². The summed E-state index contributed by atoms with van der Waals surface area (Å²) in [5.74, 6) is 0.450. The Morgan fingerprint density at radius 3 is 2.00 bits per heavy atom. The monoisotopic (exact) mass is 359 g/mol. The normalized spacial score (nSPS) is 10.7. The molecule has 2 aromatic carbocycles. The molecular formula is C19H19F2N3O2. The zero-order valence-electron chi connectivity index (χ0n) is 14.9. The molecule has 1 heterocycles. The van der Waals surface area contributed by atoms with E-state index in [2.05, 4.69) is 15.3 Å². The van der Waals surface area contributed by atoms with Crippen molar-refractivity contribution in [3.8, 4) is 34.0 Å². The lowest BCUT2D eigenvalue weighted by atomic mass is 10.0. The van der Waals surface area contributed by atoms with Crippen molar-refractivity contribution in [1.82, 2.24) is 9.97 Å². The Kier molecular flexibility index (Phi) is 4.79. The number of nitrogens with zero attached hydrogens (tertiary/aromatic N) is 1. The number of benzene rings is 2. The van der Waals surface area contributed by atoms with Gasteiger partial charge in [0.05, 0.1) is 25.6 Å². The number of aryl methyl sites for hydroxylation is 1. The van der Waals surface area contributed by atoms with E-state index in [9.17, 15) is 8.78 Å². The molecule has 0 aliphatic heterocycles. The summed E-state index contributed by atoms with van der Waals surface area (Å²) in [6, 6.07) is 7.85. The van der Waals surface area contributed by atoms with Crippen LogP contribution in [0.3, 0.4) is 0 Å². The van der Waals surface area contributed by atoms with Gasteiger partial charge in [-0.3, -0.25) is 0 Å². The molecule has 26 heavy (non-hydrogen) atoms. The molecule has 3 rings (SSSR count). The van der Waals surface area contributed by atoms with Crippen LogP contribution in [0.1, 0.15) is 5.82 Å². The van der Waals surface area contributed by atoms with Gasteiger partial charge >= 0.3 is 0 Å². The highest BCUT2D eigenvalue weighted by molar-refractivity contribution is 5.80. The van der Waals surface area contributed by atoms with E-state index in [1.807, 2.05) is 0 Å². The number of imidazole rings is 1. The number of halogens is 2. The molecule has 0 unspecified atom stereocenters. The molecule has 0 bridgehead atoms. The second kappa shape index (κ2) is 7.03. The van der Waals surface area contributed by atoms with Gasteiger partial charge in [-0.05, 0) is 31.2 Å². The van der Waals surface area contributed by atoms with Crippen molar-refractivity contribution >= 4 is 5.69 Å². The molecular weight excluding hydrogens is 340 g/mol. The number of anilines is 1. The summed E-state index contributed by atoms with van der Waals surface area (Å²) in [7, 11) is 4.58. The fourth-order valence-electron chi connectivity index (χ4n) is 2.81. The lowest BCUT2D eigenvalue weighted by molar-refractivity contribution is 0.394. The van der Waals surface area contributed by atoms with Gasteiger partial charge in [-0.25, -0.2) is 13.8 Å². The van der Waals surface area contributed by atoms with Crippen LogP contribution in [-0.4, -0.2) is 31.2 Å². The van der Waals surface area contributed by atoms with Gasteiger partial charge in [0.25, 0.3) is 0 Å². The Morgan fingerprint density at radius 1 is 0.923 bits per heavy atom. The van der Waals surface area contributed by atoms with Crippen molar-refractivity contribution in [2.45, 2.75) is 6.92 Å². The Balaban J connectivity index is 2.19. The zero-order valence-corrected chi connectivity index (χ0v) is 14.9. The first-order chi connectivity index (χ1) is 12.5. The molecule has 0 spiro atoms. The SMILES string of the molecule is CNc1c(F)cc(-c2nc(C)[nH]c2-c2cc(OC)cc(OC)c2)cc1F. The van der Waals surface area contributed by atoms with Crippen molar-refractivity contribution in [2.75, 3.05) is 26.6 Å². The van der Waals surface area contributed by atoms with Crippen LogP contribution in [0.5, 0.6) is 11.5 Å². The van der Waals surface area contributed by atoms with Gasteiger partial charge in [-0.2, -0.15) is 0 Å². The average molecular weight is 359 g/mol. The lowest BCUT2D eigenvalue weighted by Gasteiger charge is -2.10. The number of nitrogens with one attached hydrogen (secondary N) is 2. The molecule has 0 saturated carbocycles. The van der Waals surface area contributed by atoms with E-state index in [0.717, 1.165) is 5.56 Å². The largest absolute Gasteiger partial charge is 0.497 e. The predicted octanol–water partition coefficient (Wildman–Crippen LogP) is 4.39. The van der Waals surface area contributed by atoms with E-state index >= 15 is 0 Å². The number of hydrogen-bond donors (Lipinski definition) is 2. The maximum Gasteiger partial charge on any atom is 0.149 e. The van der Waals surface area contributed by atoms with E-state index in [1.54, 1.807) is 39.3 Å².